The molecular formula is C93H62BN5. The van der Waals surface area contributed by atoms with Gasteiger partial charge in [-0.15, -0.1) is 0 Å². The molecule has 2 aliphatic heterocycles. The number of benzene rings is 15. The van der Waals surface area contributed by atoms with E-state index in [1.54, 1.807) is 0 Å². The van der Waals surface area contributed by atoms with Crippen LogP contribution < -0.4 is 26.2 Å². The van der Waals surface area contributed by atoms with Gasteiger partial charge >= 0.3 is 0 Å². The first-order chi connectivity index (χ1) is 49.0. The first-order valence-corrected chi connectivity index (χ1v) is 33.8. The highest BCUT2D eigenvalue weighted by Crippen LogP contribution is 2.48. The van der Waals surface area contributed by atoms with Crippen molar-refractivity contribution in [2.24, 2.45) is 0 Å². The van der Waals surface area contributed by atoms with Crippen LogP contribution in [0.2, 0.25) is 0 Å². The van der Waals surface area contributed by atoms with Gasteiger partial charge in [0.25, 0.3) is 6.71 Å². The molecule has 0 radical (unpaired) electrons. The molecule has 0 spiro atoms. The van der Waals surface area contributed by atoms with E-state index in [4.69, 9.17) is 15.0 Å². The zero-order valence-corrected chi connectivity index (χ0v) is 54.1. The van der Waals surface area contributed by atoms with Crippen LogP contribution in [0.1, 0.15) is 0 Å². The normalized spacial score (nSPS) is 12.0. The monoisotopic (exact) mass is 1260 g/mol. The fourth-order valence-corrected chi connectivity index (χ4v) is 14.6. The summed E-state index contributed by atoms with van der Waals surface area (Å²) < 4.78 is 0. The Hall–Kier alpha value is -13.0. The highest BCUT2D eigenvalue weighted by molar-refractivity contribution is 7.00. The van der Waals surface area contributed by atoms with Crippen LogP contribution in [-0.4, -0.2) is 21.7 Å². The van der Waals surface area contributed by atoms with Gasteiger partial charge in [0.2, 0.25) is 0 Å². The van der Waals surface area contributed by atoms with Crippen LogP contribution in [0, 0.1) is 0 Å². The first-order valence-electron chi connectivity index (χ1n) is 33.8. The van der Waals surface area contributed by atoms with Gasteiger partial charge in [0.1, 0.15) is 0 Å². The maximum Gasteiger partial charge on any atom is 0.252 e. The summed E-state index contributed by atoms with van der Waals surface area (Å²) >= 11 is 0. The Morgan fingerprint density at radius 3 is 0.677 bits per heavy atom. The molecule has 0 fully saturated rings. The summed E-state index contributed by atoms with van der Waals surface area (Å²) in [6, 6.07) is 136. The summed E-state index contributed by atoms with van der Waals surface area (Å²) in [4.78, 5) is 22.2. The number of aromatic nitrogens is 3. The van der Waals surface area contributed by atoms with Crippen molar-refractivity contribution in [2.45, 2.75) is 0 Å². The molecule has 2 aliphatic rings. The number of nitrogens with zero attached hydrogens (tertiary/aromatic N) is 5. The third-order valence-electron chi connectivity index (χ3n) is 19.4. The van der Waals surface area contributed by atoms with Crippen LogP contribution in [-0.2, 0) is 0 Å². The summed E-state index contributed by atoms with van der Waals surface area (Å²) in [5.41, 5.74) is 30.3. The van der Waals surface area contributed by atoms with Gasteiger partial charge in [0.05, 0.1) is 0 Å². The molecular weight excluding hydrogens is 1200 g/mol. The number of fused-ring (bicyclic) bond motifs is 4. The van der Waals surface area contributed by atoms with Crippen molar-refractivity contribution in [3.05, 3.63) is 376 Å². The van der Waals surface area contributed by atoms with Gasteiger partial charge in [0.15, 0.2) is 17.5 Å². The Morgan fingerprint density at radius 1 is 0.172 bits per heavy atom. The number of rotatable bonds is 13. The molecule has 18 rings (SSSR count). The molecule has 5 nitrogen and oxygen atoms in total. The topological polar surface area (TPSA) is 45.2 Å². The lowest BCUT2D eigenvalue weighted by atomic mass is 9.33. The number of hydrogen-bond donors (Lipinski definition) is 0. The molecule has 3 heterocycles. The molecule has 6 heteroatoms. The number of anilines is 6. The Bertz CT molecular complexity index is 5170. The second kappa shape index (κ2) is 25.3. The van der Waals surface area contributed by atoms with Crippen molar-refractivity contribution in [3.63, 3.8) is 0 Å². The minimum absolute atomic E-state index is 0.222. The summed E-state index contributed by atoms with van der Waals surface area (Å²) in [7, 11) is 0. The minimum Gasteiger partial charge on any atom is -0.311 e. The van der Waals surface area contributed by atoms with E-state index in [0.29, 0.717) is 17.5 Å². The van der Waals surface area contributed by atoms with Gasteiger partial charge in [-0.2, -0.15) is 0 Å². The number of hydrogen-bond acceptors (Lipinski definition) is 5. The molecule has 16 aromatic rings. The second-order valence-electron chi connectivity index (χ2n) is 25.5. The Kier molecular flexibility index (Phi) is 14.9. The fourth-order valence-electron chi connectivity index (χ4n) is 14.6. The molecule has 0 unspecified atom stereocenters. The predicted octanol–water partition coefficient (Wildman–Crippen LogP) is 22.3. The molecule has 0 saturated carbocycles. The highest BCUT2D eigenvalue weighted by atomic mass is 15.2. The Morgan fingerprint density at radius 2 is 0.394 bits per heavy atom. The van der Waals surface area contributed by atoms with Crippen LogP contribution in [0.4, 0.5) is 34.1 Å². The van der Waals surface area contributed by atoms with Crippen molar-refractivity contribution >= 4 is 57.2 Å². The zero-order chi connectivity index (χ0) is 65.6. The van der Waals surface area contributed by atoms with E-state index in [0.717, 1.165) is 140 Å². The van der Waals surface area contributed by atoms with Crippen molar-refractivity contribution < 1.29 is 0 Å². The van der Waals surface area contributed by atoms with E-state index in [9.17, 15) is 0 Å². The Labute approximate surface area is 577 Å². The van der Waals surface area contributed by atoms with Crippen LogP contribution >= 0.6 is 0 Å². The lowest BCUT2D eigenvalue weighted by Crippen LogP contribution is -2.61. The third kappa shape index (κ3) is 11.2. The fraction of sp³-hybridized carbons (Fsp3) is 0. The summed E-state index contributed by atoms with van der Waals surface area (Å²) in [6.07, 6.45) is 0. The highest BCUT2D eigenvalue weighted by Gasteiger charge is 2.44. The van der Waals surface area contributed by atoms with Gasteiger partial charge in [-0.1, -0.05) is 291 Å². The van der Waals surface area contributed by atoms with E-state index in [1.807, 2.05) is 0 Å². The molecule has 0 atom stereocenters. The molecule has 0 bridgehead atoms. The van der Waals surface area contributed by atoms with Crippen molar-refractivity contribution in [2.75, 3.05) is 9.80 Å². The van der Waals surface area contributed by atoms with E-state index < -0.39 is 0 Å². The maximum atomic E-state index is 5.80. The molecule has 15 aromatic carbocycles. The van der Waals surface area contributed by atoms with Gasteiger partial charge in [0, 0.05) is 50.8 Å². The smallest absolute Gasteiger partial charge is 0.252 e. The van der Waals surface area contributed by atoms with E-state index in [2.05, 4.69) is 386 Å². The molecule has 0 amide bonds. The summed E-state index contributed by atoms with van der Waals surface area (Å²) in [5.74, 6) is 1.65. The maximum absolute atomic E-state index is 5.80. The average molecular weight is 1260 g/mol. The van der Waals surface area contributed by atoms with Gasteiger partial charge in [-0.25, -0.2) is 15.0 Å². The predicted molar refractivity (Wildman–Crippen MR) is 414 cm³/mol. The van der Waals surface area contributed by atoms with E-state index >= 15 is 0 Å². The second-order valence-corrected chi connectivity index (χ2v) is 25.5. The molecule has 462 valence electrons. The van der Waals surface area contributed by atoms with Crippen molar-refractivity contribution in [3.8, 4) is 123 Å². The van der Waals surface area contributed by atoms with Gasteiger partial charge < -0.3 is 9.80 Å². The van der Waals surface area contributed by atoms with Gasteiger partial charge in [-0.05, 0) is 190 Å². The van der Waals surface area contributed by atoms with Crippen molar-refractivity contribution in [1.29, 1.82) is 0 Å². The molecule has 99 heavy (non-hydrogen) atoms. The van der Waals surface area contributed by atoms with Crippen LogP contribution in [0.25, 0.3) is 123 Å². The van der Waals surface area contributed by atoms with Crippen LogP contribution in [0.15, 0.2) is 376 Å². The van der Waals surface area contributed by atoms with Crippen molar-refractivity contribution in [1.82, 2.24) is 15.0 Å². The molecule has 1 aromatic heterocycles. The average Bonchev–Trinajstić information content (AvgIpc) is 0.695. The molecule has 0 aliphatic carbocycles. The molecule has 0 N–H and O–H groups in total. The summed E-state index contributed by atoms with van der Waals surface area (Å²) in [5, 5.41) is 0. The van der Waals surface area contributed by atoms with Gasteiger partial charge in [-0.3, -0.25) is 0 Å². The largest absolute Gasteiger partial charge is 0.311 e. The van der Waals surface area contributed by atoms with E-state index in [1.165, 1.54) is 16.4 Å². The van der Waals surface area contributed by atoms with Crippen LogP contribution in [0.5, 0.6) is 0 Å². The minimum atomic E-state index is -0.222. The standard InChI is InChI=1S/C93H62BN5/c1-9-25-63(26-10-1)71-41-47-82(48-42-71)98-86-51-45-73(65-29-13-3-14-30-65)59-84(86)94-85-60-74(66-31-15-4-16-32-66)46-52-87(85)99(83-49-43-72(44-50-83)64-27-11-2-12-28-64)89-62-81(61-88(98)90(89)94)93-96-91(79-55-75(67-33-17-5-18-34-67)53-76(56-79)68-35-19-6-20-36-68)95-92(97-93)80-57-77(69-37-21-7-22-38-69)54-78(58-80)70-39-23-8-24-40-70/h1-62H. The third-order valence-corrected chi connectivity index (χ3v) is 19.4. The summed E-state index contributed by atoms with van der Waals surface area (Å²) in [6.45, 7) is -0.222. The lowest BCUT2D eigenvalue weighted by Gasteiger charge is -2.44. The Balaban J connectivity index is 0.939. The zero-order valence-electron chi connectivity index (χ0n) is 54.1. The van der Waals surface area contributed by atoms with E-state index in [-0.39, 0.29) is 6.71 Å². The SMILES string of the molecule is c1ccc(-c2ccc(N3c4ccc(-c5ccccc5)cc4B4c5cc(-c6ccccc6)ccc5N(c5ccc(-c6ccccc6)cc5)c5cc(-c6nc(-c7cc(-c8ccccc8)cc(-c8ccccc8)c7)nc(-c7cc(-c8ccccc8)cc(-c8ccccc8)c7)n6)cc3c54)cc2)cc1. The first kappa shape index (κ1) is 58.5. The van der Waals surface area contributed by atoms with Crippen LogP contribution in [0.3, 0.4) is 0 Å². The quantitative estimate of drug-likeness (QED) is 0.108. The molecule has 0 saturated heterocycles. The lowest BCUT2D eigenvalue weighted by molar-refractivity contribution is 1.07.